The van der Waals surface area contributed by atoms with Crippen LogP contribution in [-0.2, 0) is 6.61 Å². The molecule has 3 heteroatoms. The lowest BCUT2D eigenvalue weighted by Gasteiger charge is -2.23. The van der Waals surface area contributed by atoms with E-state index in [0.29, 0.717) is 6.61 Å². The van der Waals surface area contributed by atoms with Crippen LogP contribution in [0.1, 0.15) is 48.6 Å². The Morgan fingerprint density at radius 2 is 1.80 bits per heavy atom. The lowest BCUT2D eigenvalue weighted by atomic mass is 9.94. The van der Waals surface area contributed by atoms with E-state index in [0.717, 1.165) is 38.3 Å². The van der Waals surface area contributed by atoms with Crippen LogP contribution in [0.4, 0.5) is 0 Å². The minimum atomic E-state index is 0.199. The first-order valence-corrected chi connectivity index (χ1v) is 9.50. The van der Waals surface area contributed by atoms with E-state index in [-0.39, 0.29) is 6.04 Å². The molecule has 1 aliphatic heterocycles. The summed E-state index contributed by atoms with van der Waals surface area (Å²) in [6.07, 6.45) is 1.16. The van der Waals surface area contributed by atoms with Crippen molar-refractivity contribution in [2.24, 2.45) is 0 Å². The first-order chi connectivity index (χ1) is 12.2. The van der Waals surface area contributed by atoms with E-state index in [1.165, 1.54) is 22.3 Å². The van der Waals surface area contributed by atoms with Gasteiger partial charge in [0.15, 0.2) is 0 Å². The van der Waals surface area contributed by atoms with Crippen LogP contribution in [0.25, 0.3) is 0 Å². The zero-order valence-electron chi connectivity index (χ0n) is 15.7. The Hall–Kier alpha value is -1.84. The minimum absolute atomic E-state index is 0.199. The normalized spacial score (nSPS) is 16.1. The number of hydrogen-bond acceptors (Lipinski definition) is 3. The summed E-state index contributed by atoms with van der Waals surface area (Å²) in [6.45, 7) is 11.6. The van der Waals surface area contributed by atoms with Crippen LogP contribution in [0.2, 0.25) is 0 Å². The maximum absolute atomic E-state index is 6.17. The van der Waals surface area contributed by atoms with Crippen molar-refractivity contribution < 1.29 is 4.74 Å². The van der Waals surface area contributed by atoms with E-state index in [1.54, 1.807) is 0 Å². The van der Waals surface area contributed by atoms with E-state index in [4.69, 9.17) is 4.74 Å². The van der Waals surface area contributed by atoms with Gasteiger partial charge in [-0.25, -0.2) is 0 Å². The highest BCUT2D eigenvalue weighted by Crippen LogP contribution is 2.37. The fraction of sp³-hybridized carbons (Fsp3) is 0.455. The smallest absolute Gasteiger partial charge is 0.127 e. The Morgan fingerprint density at radius 1 is 1.04 bits per heavy atom. The molecule has 0 fully saturated rings. The number of benzene rings is 2. The van der Waals surface area contributed by atoms with Gasteiger partial charge in [0.2, 0.25) is 0 Å². The zero-order chi connectivity index (χ0) is 17.6. The van der Waals surface area contributed by atoms with Gasteiger partial charge in [0.25, 0.3) is 0 Å². The topological polar surface area (TPSA) is 24.5 Å². The average molecular weight is 338 g/mol. The van der Waals surface area contributed by atoms with Crippen LogP contribution in [0.5, 0.6) is 5.75 Å². The van der Waals surface area contributed by atoms with Crippen molar-refractivity contribution >= 4 is 0 Å². The first kappa shape index (κ1) is 18.0. The summed E-state index contributed by atoms with van der Waals surface area (Å²) in [7, 11) is 0. The Labute approximate surface area is 152 Å². The Balaban J connectivity index is 1.80. The van der Waals surface area contributed by atoms with Crippen LogP contribution in [-0.4, -0.2) is 31.1 Å². The zero-order valence-corrected chi connectivity index (χ0v) is 15.7. The number of nitrogens with zero attached hydrogens (tertiary/aromatic N) is 1. The van der Waals surface area contributed by atoms with E-state index in [2.05, 4.69) is 73.5 Å². The van der Waals surface area contributed by atoms with Gasteiger partial charge in [0, 0.05) is 5.56 Å². The van der Waals surface area contributed by atoms with Gasteiger partial charge in [-0.05, 0) is 56.2 Å². The van der Waals surface area contributed by atoms with Gasteiger partial charge in [-0.2, -0.15) is 0 Å². The van der Waals surface area contributed by atoms with Crippen molar-refractivity contribution in [3.8, 4) is 5.75 Å². The molecule has 0 amide bonds. The fourth-order valence-corrected chi connectivity index (χ4v) is 3.67. The molecule has 0 spiro atoms. The molecule has 0 bridgehead atoms. The van der Waals surface area contributed by atoms with Crippen molar-refractivity contribution in [1.82, 2.24) is 10.2 Å². The SMILES string of the molecule is CCN(CC)CCCNC1c2ccccc2COc2c(C)cccc21. The summed E-state index contributed by atoms with van der Waals surface area (Å²) < 4.78 is 6.17. The number of ether oxygens (including phenoxy) is 1. The second-order valence-corrected chi connectivity index (χ2v) is 6.75. The molecular weight excluding hydrogens is 308 g/mol. The van der Waals surface area contributed by atoms with Gasteiger partial charge in [-0.1, -0.05) is 56.3 Å². The van der Waals surface area contributed by atoms with Crippen LogP contribution >= 0.6 is 0 Å². The molecular formula is C22H30N2O. The van der Waals surface area contributed by atoms with Crippen molar-refractivity contribution in [2.45, 2.75) is 39.8 Å². The van der Waals surface area contributed by atoms with Crippen molar-refractivity contribution in [3.05, 3.63) is 64.7 Å². The number of aryl methyl sites for hydroxylation is 1. The Kier molecular flexibility index (Phi) is 6.11. The van der Waals surface area contributed by atoms with Gasteiger partial charge in [-0.15, -0.1) is 0 Å². The maximum Gasteiger partial charge on any atom is 0.127 e. The number of nitrogens with one attached hydrogen (secondary N) is 1. The first-order valence-electron chi connectivity index (χ1n) is 9.50. The predicted molar refractivity (Wildman–Crippen MR) is 104 cm³/mol. The molecule has 0 saturated heterocycles. The highest BCUT2D eigenvalue weighted by molar-refractivity contribution is 5.49. The van der Waals surface area contributed by atoms with Gasteiger partial charge in [0.05, 0.1) is 6.04 Å². The molecule has 134 valence electrons. The van der Waals surface area contributed by atoms with Crippen LogP contribution in [0.3, 0.4) is 0 Å². The number of para-hydroxylation sites is 1. The number of hydrogen-bond donors (Lipinski definition) is 1. The minimum Gasteiger partial charge on any atom is -0.488 e. The number of fused-ring (bicyclic) bond motifs is 2. The monoisotopic (exact) mass is 338 g/mol. The maximum atomic E-state index is 6.17. The quantitative estimate of drug-likeness (QED) is 0.762. The molecule has 3 rings (SSSR count). The standard InChI is InChI=1S/C22H30N2O/c1-4-24(5-2)15-9-14-23-21-19-12-7-6-11-18(19)16-25-22-17(3)10-8-13-20(21)22/h6-8,10-13,21,23H,4-5,9,14-16H2,1-3H3. The molecule has 0 radical (unpaired) electrons. The van der Waals surface area contributed by atoms with Crippen LogP contribution in [0, 0.1) is 6.92 Å². The van der Waals surface area contributed by atoms with Gasteiger partial charge in [0.1, 0.15) is 12.4 Å². The second-order valence-electron chi connectivity index (χ2n) is 6.75. The van der Waals surface area contributed by atoms with E-state index >= 15 is 0 Å². The molecule has 2 aromatic rings. The van der Waals surface area contributed by atoms with Gasteiger partial charge >= 0.3 is 0 Å². The Morgan fingerprint density at radius 3 is 2.60 bits per heavy atom. The molecule has 0 aromatic heterocycles. The predicted octanol–water partition coefficient (Wildman–Crippen LogP) is 4.30. The lowest BCUT2D eigenvalue weighted by Crippen LogP contribution is -2.29. The van der Waals surface area contributed by atoms with Gasteiger partial charge in [-0.3, -0.25) is 0 Å². The molecule has 1 N–H and O–H groups in total. The average Bonchev–Trinajstić information content (AvgIpc) is 2.80. The van der Waals surface area contributed by atoms with Gasteiger partial charge < -0.3 is 15.0 Å². The Bertz CT molecular complexity index is 694. The van der Waals surface area contributed by atoms with E-state index in [1.807, 2.05) is 0 Å². The molecule has 1 heterocycles. The summed E-state index contributed by atoms with van der Waals surface area (Å²) >= 11 is 0. The summed E-state index contributed by atoms with van der Waals surface area (Å²) in [5.41, 5.74) is 5.09. The van der Waals surface area contributed by atoms with Crippen molar-refractivity contribution in [1.29, 1.82) is 0 Å². The second kappa shape index (κ2) is 8.50. The van der Waals surface area contributed by atoms with E-state index < -0.39 is 0 Å². The fourth-order valence-electron chi connectivity index (χ4n) is 3.67. The molecule has 3 nitrogen and oxygen atoms in total. The van der Waals surface area contributed by atoms with Crippen molar-refractivity contribution in [2.75, 3.05) is 26.2 Å². The number of rotatable bonds is 7. The molecule has 1 atom stereocenters. The van der Waals surface area contributed by atoms with Crippen molar-refractivity contribution in [3.63, 3.8) is 0 Å². The summed E-state index contributed by atoms with van der Waals surface area (Å²) in [5.74, 6) is 1.04. The third kappa shape index (κ3) is 4.05. The summed E-state index contributed by atoms with van der Waals surface area (Å²) in [5, 5.41) is 3.80. The molecule has 2 aromatic carbocycles. The third-order valence-corrected chi connectivity index (χ3v) is 5.19. The largest absolute Gasteiger partial charge is 0.488 e. The molecule has 0 aliphatic carbocycles. The van der Waals surface area contributed by atoms with Crippen LogP contribution in [0.15, 0.2) is 42.5 Å². The summed E-state index contributed by atoms with van der Waals surface area (Å²) in [6, 6.07) is 15.3. The molecule has 1 unspecified atom stereocenters. The molecule has 1 aliphatic rings. The summed E-state index contributed by atoms with van der Waals surface area (Å²) in [4.78, 5) is 2.48. The van der Waals surface area contributed by atoms with E-state index in [9.17, 15) is 0 Å². The molecule has 25 heavy (non-hydrogen) atoms. The highest BCUT2D eigenvalue weighted by Gasteiger charge is 2.24. The highest BCUT2D eigenvalue weighted by atomic mass is 16.5. The third-order valence-electron chi connectivity index (χ3n) is 5.19. The van der Waals surface area contributed by atoms with Crippen LogP contribution < -0.4 is 10.1 Å². The lowest BCUT2D eigenvalue weighted by molar-refractivity contribution is 0.296. The molecule has 0 saturated carbocycles.